The van der Waals surface area contributed by atoms with Crippen molar-refractivity contribution in [3.63, 3.8) is 0 Å². The maximum absolute atomic E-state index is 6.19. The first-order chi connectivity index (χ1) is 15.8. The lowest BCUT2D eigenvalue weighted by Crippen LogP contribution is -2.36. The lowest BCUT2D eigenvalue weighted by atomic mass is 10.0. The molecule has 0 aromatic carbocycles. The Morgan fingerprint density at radius 1 is 1.06 bits per heavy atom. The van der Waals surface area contributed by atoms with Crippen LogP contribution in [0.2, 0.25) is 0 Å². The van der Waals surface area contributed by atoms with Gasteiger partial charge in [-0.15, -0.1) is 5.10 Å². The Hall–Kier alpha value is -3.17. The molecule has 0 spiro atoms. The average molecular weight is 435 g/mol. The molecule has 0 unspecified atom stereocenters. The van der Waals surface area contributed by atoms with Crippen molar-refractivity contribution in [3.8, 4) is 17.3 Å². The first-order valence-electron chi connectivity index (χ1n) is 11.1. The van der Waals surface area contributed by atoms with Crippen molar-refractivity contribution in [1.82, 2.24) is 19.6 Å². The maximum atomic E-state index is 6.19. The molecule has 32 heavy (non-hydrogen) atoms. The summed E-state index contributed by atoms with van der Waals surface area (Å²) in [6, 6.07) is 7.67. The molecule has 0 bridgehead atoms. The molecule has 1 atom stereocenters. The van der Waals surface area contributed by atoms with E-state index in [0.29, 0.717) is 37.4 Å². The van der Waals surface area contributed by atoms with E-state index in [-0.39, 0.29) is 0 Å². The van der Waals surface area contributed by atoms with Gasteiger partial charge in [-0.25, -0.2) is 14.5 Å². The van der Waals surface area contributed by atoms with E-state index in [0.717, 1.165) is 67.3 Å². The second kappa shape index (κ2) is 8.40. The van der Waals surface area contributed by atoms with Crippen LogP contribution < -0.4 is 9.64 Å². The number of pyridine rings is 1. The van der Waals surface area contributed by atoms with Crippen molar-refractivity contribution in [1.29, 1.82) is 0 Å². The second-order valence-corrected chi connectivity index (χ2v) is 8.24. The lowest BCUT2D eigenvalue weighted by molar-refractivity contribution is 0.0342. The number of anilines is 1. The van der Waals surface area contributed by atoms with Crippen LogP contribution in [-0.2, 0) is 9.47 Å². The van der Waals surface area contributed by atoms with E-state index in [1.807, 2.05) is 24.3 Å². The standard InChI is InChI=1S/C23H25N5O4/c1-2-16(14-30-9-1)15-31-22-4-3-21-25-13-18(28(21)26-22)20-12-17-19(32-20)5-6-24-23(17)27-7-10-29-11-8-27/h3-6,12-13,16H,1-2,7-11,14-15H2/t16-/m0/s1. The van der Waals surface area contributed by atoms with Gasteiger partial charge in [-0.1, -0.05) is 0 Å². The molecule has 0 N–H and O–H groups in total. The van der Waals surface area contributed by atoms with Crippen molar-refractivity contribution in [2.24, 2.45) is 5.92 Å². The van der Waals surface area contributed by atoms with Crippen LogP contribution in [0.3, 0.4) is 0 Å². The van der Waals surface area contributed by atoms with Gasteiger partial charge in [-0.2, -0.15) is 0 Å². The highest BCUT2D eigenvalue weighted by Gasteiger charge is 2.20. The van der Waals surface area contributed by atoms with Gasteiger partial charge in [0.15, 0.2) is 11.4 Å². The number of rotatable bonds is 5. The third-order valence-electron chi connectivity index (χ3n) is 6.05. The van der Waals surface area contributed by atoms with Crippen LogP contribution in [0.5, 0.6) is 5.88 Å². The topological polar surface area (TPSA) is 87.2 Å². The highest BCUT2D eigenvalue weighted by molar-refractivity contribution is 5.92. The Kier molecular flexibility index (Phi) is 5.12. The van der Waals surface area contributed by atoms with Crippen molar-refractivity contribution in [2.45, 2.75) is 12.8 Å². The minimum atomic E-state index is 0.407. The Morgan fingerprint density at radius 3 is 2.88 bits per heavy atom. The summed E-state index contributed by atoms with van der Waals surface area (Å²) in [4.78, 5) is 11.3. The fourth-order valence-electron chi connectivity index (χ4n) is 4.35. The maximum Gasteiger partial charge on any atom is 0.231 e. The predicted molar refractivity (Wildman–Crippen MR) is 118 cm³/mol. The summed E-state index contributed by atoms with van der Waals surface area (Å²) >= 11 is 0. The summed E-state index contributed by atoms with van der Waals surface area (Å²) in [7, 11) is 0. The molecule has 0 amide bonds. The Labute approximate surface area is 184 Å². The molecular weight excluding hydrogens is 410 g/mol. The third-order valence-corrected chi connectivity index (χ3v) is 6.05. The van der Waals surface area contributed by atoms with Crippen LogP contribution in [-0.4, -0.2) is 65.7 Å². The number of aromatic nitrogens is 4. The largest absolute Gasteiger partial charge is 0.476 e. The first kappa shape index (κ1) is 19.5. The lowest BCUT2D eigenvalue weighted by Gasteiger charge is -2.28. The zero-order valence-electron chi connectivity index (χ0n) is 17.8. The average Bonchev–Trinajstić information content (AvgIpc) is 3.47. The summed E-state index contributed by atoms with van der Waals surface area (Å²) in [5.74, 6) is 2.58. The van der Waals surface area contributed by atoms with E-state index in [9.17, 15) is 0 Å². The van der Waals surface area contributed by atoms with E-state index >= 15 is 0 Å². The van der Waals surface area contributed by atoms with Crippen molar-refractivity contribution in [3.05, 3.63) is 36.7 Å². The molecule has 2 fully saturated rings. The van der Waals surface area contributed by atoms with Gasteiger partial charge >= 0.3 is 0 Å². The number of ether oxygens (including phenoxy) is 3. The molecule has 4 aromatic rings. The van der Waals surface area contributed by atoms with Crippen LogP contribution >= 0.6 is 0 Å². The highest BCUT2D eigenvalue weighted by Crippen LogP contribution is 2.33. The molecule has 2 aliphatic heterocycles. The van der Waals surface area contributed by atoms with Gasteiger partial charge in [-0.05, 0) is 31.0 Å². The summed E-state index contributed by atoms with van der Waals surface area (Å²) in [6.45, 7) is 5.23. The zero-order valence-corrected chi connectivity index (χ0v) is 17.8. The van der Waals surface area contributed by atoms with Gasteiger partial charge < -0.3 is 23.5 Å². The molecule has 2 saturated heterocycles. The number of morpholine rings is 1. The summed E-state index contributed by atoms with van der Waals surface area (Å²) < 4.78 is 25.0. The number of hydrogen-bond donors (Lipinski definition) is 0. The smallest absolute Gasteiger partial charge is 0.231 e. The second-order valence-electron chi connectivity index (χ2n) is 8.24. The molecule has 2 aliphatic rings. The van der Waals surface area contributed by atoms with Crippen molar-refractivity contribution >= 4 is 22.4 Å². The molecule has 6 heterocycles. The van der Waals surface area contributed by atoms with Crippen LogP contribution in [0, 0.1) is 5.92 Å². The van der Waals surface area contributed by atoms with Gasteiger partial charge in [0.05, 0.1) is 38.0 Å². The van der Waals surface area contributed by atoms with E-state index in [1.165, 1.54) is 0 Å². The number of hydrogen-bond acceptors (Lipinski definition) is 8. The monoisotopic (exact) mass is 435 g/mol. The van der Waals surface area contributed by atoms with Crippen LogP contribution in [0.4, 0.5) is 5.82 Å². The van der Waals surface area contributed by atoms with Crippen LogP contribution in [0.15, 0.2) is 41.1 Å². The quantitative estimate of drug-likeness (QED) is 0.472. The molecule has 6 rings (SSSR count). The zero-order chi connectivity index (χ0) is 21.3. The Balaban J connectivity index is 1.31. The van der Waals surface area contributed by atoms with E-state index < -0.39 is 0 Å². The highest BCUT2D eigenvalue weighted by atomic mass is 16.5. The van der Waals surface area contributed by atoms with E-state index in [1.54, 1.807) is 16.9 Å². The fraction of sp³-hybridized carbons (Fsp3) is 0.435. The first-order valence-corrected chi connectivity index (χ1v) is 11.1. The number of nitrogens with zero attached hydrogens (tertiary/aromatic N) is 5. The van der Waals surface area contributed by atoms with Gasteiger partial charge in [0.25, 0.3) is 0 Å². The molecule has 0 aliphatic carbocycles. The summed E-state index contributed by atoms with van der Waals surface area (Å²) in [5, 5.41) is 5.64. The predicted octanol–water partition coefficient (Wildman–Crippen LogP) is 3.18. The summed E-state index contributed by atoms with van der Waals surface area (Å²) in [6.07, 6.45) is 5.77. The molecule has 166 valence electrons. The fourth-order valence-corrected chi connectivity index (χ4v) is 4.35. The van der Waals surface area contributed by atoms with Gasteiger partial charge in [0, 0.05) is 37.9 Å². The summed E-state index contributed by atoms with van der Waals surface area (Å²) in [5.41, 5.74) is 2.30. The number of imidazole rings is 1. The molecule has 0 saturated carbocycles. The van der Waals surface area contributed by atoms with Gasteiger partial charge in [0.2, 0.25) is 5.88 Å². The van der Waals surface area contributed by atoms with Crippen LogP contribution in [0.1, 0.15) is 12.8 Å². The molecule has 0 radical (unpaired) electrons. The molecule has 4 aromatic heterocycles. The Morgan fingerprint density at radius 2 is 2.00 bits per heavy atom. The number of fused-ring (bicyclic) bond motifs is 2. The Bertz CT molecular complexity index is 1220. The van der Waals surface area contributed by atoms with Crippen LogP contribution in [0.25, 0.3) is 28.1 Å². The minimum absolute atomic E-state index is 0.407. The molecular formula is C23H25N5O4. The molecule has 9 nitrogen and oxygen atoms in total. The van der Waals surface area contributed by atoms with Gasteiger partial charge in [-0.3, -0.25) is 0 Å². The van der Waals surface area contributed by atoms with E-state index in [4.69, 9.17) is 18.6 Å². The van der Waals surface area contributed by atoms with E-state index in [2.05, 4.69) is 20.0 Å². The van der Waals surface area contributed by atoms with Crippen molar-refractivity contribution in [2.75, 3.05) is 51.0 Å². The van der Waals surface area contributed by atoms with Crippen molar-refractivity contribution < 1.29 is 18.6 Å². The normalized spacial score (nSPS) is 19.6. The third kappa shape index (κ3) is 3.67. The van der Waals surface area contributed by atoms with Gasteiger partial charge in [0.1, 0.15) is 17.1 Å². The molecule has 9 heteroatoms. The number of furan rings is 1. The minimum Gasteiger partial charge on any atom is -0.476 e. The SMILES string of the molecule is c1cc2oc(-c3cnc4ccc(OC[C@H]5CCCOC5)nn34)cc2c(N2CCOCC2)n1.